The molecule has 0 aliphatic rings. The molecule has 1 atom stereocenters. The SMILES string of the molecule is CNC(CC=O)c1cc(-c2c(C)cc(C(F)(F)F)cc2C)cc(C)c1F. The Balaban J connectivity index is 2.66. The van der Waals surface area contributed by atoms with Crippen LogP contribution in [0.25, 0.3) is 11.1 Å². The molecule has 0 saturated heterocycles. The van der Waals surface area contributed by atoms with Crippen LogP contribution in [0.4, 0.5) is 17.6 Å². The normalized spacial score (nSPS) is 12.9. The highest BCUT2D eigenvalue weighted by Gasteiger charge is 2.31. The summed E-state index contributed by atoms with van der Waals surface area (Å²) in [4.78, 5) is 10.9. The van der Waals surface area contributed by atoms with Gasteiger partial charge in [-0.15, -0.1) is 0 Å². The molecule has 1 N–H and O–H groups in total. The standard InChI is InChI=1S/C20H21F4NO/c1-11-8-15(20(22,23)24)9-12(2)18(11)14-7-13(3)19(21)16(10-14)17(25-4)5-6-26/h6-10,17,25H,5H2,1-4H3. The summed E-state index contributed by atoms with van der Waals surface area (Å²) in [5.41, 5.74) is 2.20. The maximum absolute atomic E-state index is 14.6. The highest BCUT2D eigenvalue weighted by molar-refractivity contribution is 5.73. The molecule has 2 nitrogen and oxygen atoms in total. The van der Waals surface area contributed by atoms with Crippen LogP contribution in [0.15, 0.2) is 24.3 Å². The fourth-order valence-corrected chi connectivity index (χ4v) is 3.27. The number of hydrogen-bond donors (Lipinski definition) is 1. The van der Waals surface area contributed by atoms with E-state index in [1.54, 1.807) is 40.0 Å². The Labute approximate surface area is 150 Å². The molecule has 0 radical (unpaired) electrons. The molecule has 0 aromatic heterocycles. The first-order valence-corrected chi connectivity index (χ1v) is 8.19. The smallest absolute Gasteiger partial charge is 0.313 e. The fourth-order valence-electron chi connectivity index (χ4n) is 3.27. The lowest BCUT2D eigenvalue weighted by atomic mass is 9.89. The minimum absolute atomic E-state index is 0.0985. The van der Waals surface area contributed by atoms with E-state index in [4.69, 9.17) is 0 Å². The maximum atomic E-state index is 14.6. The molecule has 0 aliphatic carbocycles. The Morgan fingerprint density at radius 3 is 2.08 bits per heavy atom. The molecule has 0 heterocycles. The third-order valence-corrected chi connectivity index (χ3v) is 4.49. The minimum atomic E-state index is -4.42. The van der Waals surface area contributed by atoms with Gasteiger partial charge in [-0.3, -0.25) is 0 Å². The van der Waals surface area contributed by atoms with Crippen LogP contribution >= 0.6 is 0 Å². The molecule has 2 aromatic carbocycles. The van der Waals surface area contributed by atoms with Gasteiger partial charge in [-0.05, 0) is 79.9 Å². The summed E-state index contributed by atoms with van der Waals surface area (Å²) >= 11 is 0. The second kappa shape index (κ2) is 7.58. The summed E-state index contributed by atoms with van der Waals surface area (Å²) < 4.78 is 53.6. The molecule has 0 aliphatic heterocycles. The number of halogens is 4. The largest absolute Gasteiger partial charge is 0.416 e. The summed E-state index contributed by atoms with van der Waals surface area (Å²) in [7, 11) is 1.63. The van der Waals surface area contributed by atoms with E-state index in [0.717, 1.165) is 12.1 Å². The third kappa shape index (κ3) is 3.96. The first-order valence-electron chi connectivity index (χ1n) is 8.19. The summed E-state index contributed by atoms with van der Waals surface area (Å²) in [6.07, 6.45) is -3.61. The molecule has 0 saturated carbocycles. The van der Waals surface area contributed by atoms with Crippen molar-refractivity contribution in [2.75, 3.05) is 7.05 Å². The quantitative estimate of drug-likeness (QED) is 0.575. The lowest BCUT2D eigenvalue weighted by molar-refractivity contribution is -0.137. The van der Waals surface area contributed by atoms with Gasteiger partial charge in [-0.1, -0.05) is 0 Å². The van der Waals surface area contributed by atoms with Crippen molar-refractivity contribution in [2.45, 2.75) is 39.4 Å². The second-order valence-electron chi connectivity index (χ2n) is 6.42. The van der Waals surface area contributed by atoms with Crippen molar-refractivity contribution in [1.82, 2.24) is 5.32 Å². The Hall–Kier alpha value is -2.21. The van der Waals surface area contributed by atoms with Crippen LogP contribution in [0.2, 0.25) is 0 Å². The van der Waals surface area contributed by atoms with Gasteiger partial charge in [-0.2, -0.15) is 13.2 Å². The van der Waals surface area contributed by atoms with E-state index in [1.807, 2.05) is 0 Å². The molecule has 140 valence electrons. The van der Waals surface area contributed by atoms with E-state index in [9.17, 15) is 22.4 Å². The van der Waals surface area contributed by atoms with Crippen LogP contribution in [0, 0.1) is 26.6 Å². The predicted molar refractivity (Wildman–Crippen MR) is 93.5 cm³/mol. The number of nitrogens with one attached hydrogen (secondary N) is 1. The Morgan fingerprint density at radius 1 is 1.04 bits per heavy atom. The molecule has 2 rings (SSSR count). The molecular formula is C20H21F4NO. The van der Waals surface area contributed by atoms with Gasteiger partial charge in [0.2, 0.25) is 0 Å². The Kier molecular flexibility index (Phi) is 5.86. The first kappa shape index (κ1) is 20.1. The average molecular weight is 367 g/mol. The first-order chi connectivity index (χ1) is 12.1. The number of hydrogen-bond acceptors (Lipinski definition) is 2. The van der Waals surface area contributed by atoms with Crippen molar-refractivity contribution in [2.24, 2.45) is 0 Å². The molecule has 0 fully saturated rings. The van der Waals surface area contributed by atoms with Crippen molar-refractivity contribution in [3.63, 3.8) is 0 Å². The number of aryl methyl sites for hydroxylation is 3. The fraction of sp³-hybridized carbons (Fsp3) is 0.350. The number of aldehydes is 1. The van der Waals surface area contributed by atoms with E-state index in [-0.39, 0.29) is 6.42 Å². The van der Waals surface area contributed by atoms with Gasteiger partial charge in [0.15, 0.2) is 0 Å². The summed E-state index contributed by atoms with van der Waals surface area (Å²) in [6.45, 7) is 4.82. The highest BCUT2D eigenvalue weighted by atomic mass is 19.4. The van der Waals surface area contributed by atoms with Crippen LogP contribution in [-0.2, 0) is 11.0 Å². The van der Waals surface area contributed by atoms with E-state index >= 15 is 0 Å². The van der Waals surface area contributed by atoms with E-state index in [2.05, 4.69) is 5.32 Å². The molecule has 0 amide bonds. The van der Waals surface area contributed by atoms with Gasteiger partial charge in [-0.25, -0.2) is 4.39 Å². The zero-order valence-corrected chi connectivity index (χ0v) is 15.1. The van der Waals surface area contributed by atoms with Gasteiger partial charge in [0.25, 0.3) is 0 Å². The Morgan fingerprint density at radius 2 is 1.62 bits per heavy atom. The predicted octanol–water partition coefficient (Wildman–Crippen LogP) is 5.29. The van der Waals surface area contributed by atoms with E-state index < -0.39 is 23.6 Å². The van der Waals surface area contributed by atoms with Crippen LogP contribution in [0.1, 0.15) is 40.3 Å². The van der Waals surface area contributed by atoms with Crippen molar-refractivity contribution >= 4 is 6.29 Å². The molecule has 2 aromatic rings. The Bertz CT molecular complexity index is 804. The van der Waals surface area contributed by atoms with Gasteiger partial charge in [0.1, 0.15) is 12.1 Å². The second-order valence-corrected chi connectivity index (χ2v) is 6.42. The molecular weight excluding hydrogens is 346 g/mol. The molecule has 26 heavy (non-hydrogen) atoms. The van der Waals surface area contributed by atoms with Crippen LogP contribution in [0.5, 0.6) is 0 Å². The average Bonchev–Trinajstić information content (AvgIpc) is 2.54. The van der Waals surface area contributed by atoms with Crippen molar-refractivity contribution in [3.05, 3.63) is 57.9 Å². The van der Waals surface area contributed by atoms with E-state index in [1.165, 1.54) is 0 Å². The minimum Gasteiger partial charge on any atom is -0.313 e. The summed E-state index contributed by atoms with van der Waals surface area (Å²) in [5, 5.41) is 2.90. The van der Waals surface area contributed by atoms with Gasteiger partial charge >= 0.3 is 6.18 Å². The monoisotopic (exact) mass is 367 g/mol. The summed E-state index contributed by atoms with van der Waals surface area (Å²) in [5.74, 6) is -0.419. The van der Waals surface area contributed by atoms with Gasteiger partial charge in [0.05, 0.1) is 5.56 Å². The number of carbonyl (C=O) groups excluding carboxylic acids is 1. The number of alkyl halides is 3. The maximum Gasteiger partial charge on any atom is 0.416 e. The van der Waals surface area contributed by atoms with Crippen molar-refractivity contribution in [3.8, 4) is 11.1 Å². The number of benzene rings is 2. The van der Waals surface area contributed by atoms with Gasteiger partial charge in [0, 0.05) is 18.0 Å². The van der Waals surface area contributed by atoms with Crippen molar-refractivity contribution < 1.29 is 22.4 Å². The summed E-state index contributed by atoms with van der Waals surface area (Å²) in [6, 6.07) is 4.93. The van der Waals surface area contributed by atoms with Gasteiger partial charge < -0.3 is 10.1 Å². The van der Waals surface area contributed by atoms with Crippen LogP contribution in [0.3, 0.4) is 0 Å². The molecule has 1 unspecified atom stereocenters. The number of carbonyl (C=O) groups is 1. The lowest BCUT2D eigenvalue weighted by Gasteiger charge is -2.20. The lowest BCUT2D eigenvalue weighted by Crippen LogP contribution is -2.18. The zero-order chi connectivity index (χ0) is 19.6. The topological polar surface area (TPSA) is 29.1 Å². The molecule has 0 spiro atoms. The third-order valence-electron chi connectivity index (χ3n) is 4.49. The van der Waals surface area contributed by atoms with Crippen LogP contribution in [-0.4, -0.2) is 13.3 Å². The zero-order valence-electron chi connectivity index (χ0n) is 15.1. The highest BCUT2D eigenvalue weighted by Crippen LogP contribution is 2.37. The molecule has 0 bridgehead atoms. The van der Waals surface area contributed by atoms with E-state index in [0.29, 0.717) is 39.7 Å². The molecule has 6 heteroatoms. The van der Waals surface area contributed by atoms with Crippen LogP contribution < -0.4 is 5.32 Å². The van der Waals surface area contributed by atoms with Crippen molar-refractivity contribution in [1.29, 1.82) is 0 Å². The number of rotatable bonds is 5.